The van der Waals surface area contributed by atoms with Gasteiger partial charge in [0, 0.05) is 12.1 Å². The lowest BCUT2D eigenvalue weighted by molar-refractivity contribution is -0.174. The Kier molecular flexibility index (Phi) is 4.21. The van der Waals surface area contributed by atoms with Crippen molar-refractivity contribution in [3.8, 4) is 0 Å². The minimum absolute atomic E-state index is 0.0377. The second-order valence-corrected chi connectivity index (χ2v) is 5.92. The highest BCUT2D eigenvalue weighted by Crippen LogP contribution is 2.28. The van der Waals surface area contributed by atoms with Gasteiger partial charge in [0.2, 0.25) is 0 Å². The number of carbonyl (C=O) groups excluding carboxylic acids is 4. The normalized spacial score (nSPS) is 31.8. The fraction of sp³-hybridized carbons (Fsp3) is 0.714. The summed E-state index contributed by atoms with van der Waals surface area (Å²) in [5, 5.41) is 0. The summed E-state index contributed by atoms with van der Waals surface area (Å²) in [5.41, 5.74) is 0. The van der Waals surface area contributed by atoms with Crippen LogP contribution in [0.15, 0.2) is 0 Å². The Labute approximate surface area is 127 Å². The molecule has 120 valence electrons. The number of morpholine rings is 2. The van der Waals surface area contributed by atoms with Crippen molar-refractivity contribution in [3.05, 3.63) is 0 Å². The molecule has 0 aromatic carbocycles. The molecule has 2 unspecified atom stereocenters. The van der Waals surface area contributed by atoms with Gasteiger partial charge in [-0.3, -0.25) is 29.0 Å². The van der Waals surface area contributed by atoms with Gasteiger partial charge in [-0.15, -0.1) is 0 Å². The maximum absolute atomic E-state index is 11.5. The Morgan fingerprint density at radius 3 is 1.27 bits per heavy atom. The van der Waals surface area contributed by atoms with E-state index in [-0.39, 0.29) is 38.3 Å². The highest BCUT2D eigenvalue weighted by molar-refractivity contribution is 5.91. The maximum atomic E-state index is 11.5. The van der Waals surface area contributed by atoms with Crippen molar-refractivity contribution in [2.45, 2.75) is 37.8 Å². The number of hydrogen-bond donors (Lipinski definition) is 0. The molecule has 0 aromatic heterocycles. The third-order valence-electron chi connectivity index (χ3n) is 4.42. The Morgan fingerprint density at radius 2 is 0.955 bits per heavy atom. The molecule has 2 saturated heterocycles. The van der Waals surface area contributed by atoms with Crippen molar-refractivity contribution in [3.63, 3.8) is 0 Å². The van der Waals surface area contributed by atoms with E-state index in [1.165, 1.54) is 0 Å². The predicted molar refractivity (Wildman–Crippen MR) is 71.4 cm³/mol. The molecule has 8 heteroatoms. The zero-order valence-electron chi connectivity index (χ0n) is 12.2. The van der Waals surface area contributed by atoms with Gasteiger partial charge in [0.05, 0.1) is 26.2 Å². The van der Waals surface area contributed by atoms with Crippen LogP contribution in [0.5, 0.6) is 0 Å². The number of carbonyl (C=O) groups is 4. The number of nitrogens with zero attached hydrogens (tertiary/aromatic N) is 2. The molecule has 0 amide bonds. The third-order valence-corrected chi connectivity index (χ3v) is 4.42. The van der Waals surface area contributed by atoms with Gasteiger partial charge in [-0.1, -0.05) is 12.8 Å². The van der Waals surface area contributed by atoms with Gasteiger partial charge in [0.15, 0.2) is 0 Å². The lowest BCUT2D eigenvalue weighted by Gasteiger charge is -2.45. The Morgan fingerprint density at radius 1 is 0.636 bits per heavy atom. The maximum Gasteiger partial charge on any atom is 0.327 e. The molecule has 2 aliphatic heterocycles. The molecule has 2 heterocycles. The minimum Gasteiger partial charge on any atom is -0.391 e. The molecule has 22 heavy (non-hydrogen) atoms. The van der Waals surface area contributed by atoms with E-state index >= 15 is 0 Å². The monoisotopic (exact) mass is 310 g/mol. The molecular formula is C14H18N2O6. The summed E-state index contributed by atoms with van der Waals surface area (Å²) in [6, 6.07) is -0.0755. The van der Waals surface area contributed by atoms with Gasteiger partial charge in [-0.05, 0) is 12.8 Å². The van der Waals surface area contributed by atoms with Gasteiger partial charge in [-0.2, -0.15) is 0 Å². The molecule has 2 atom stereocenters. The average Bonchev–Trinajstić information content (AvgIpc) is 2.45. The average molecular weight is 310 g/mol. The van der Waals surface area contributed by atoms with Crippen LogP contribution in [-0.4, -0.2) is 71.9 Å². The fourth-order valence-electron chi connectivity index (χ4n) is 3.57. The van der Waals surface area contributed by atoms with Crippen LogP contribution in [0.4, 0.5) is 0 Å². The van der Waals surface area contributed by atoms with Crippen LogP contribution < -0.4 is 0 Å². The van der Waals surface area contributed by atoms with Crippen molar-refractivity contribution >= 4 is 23.9 Å². The van der Waals surface area contributed by atoms with Gasteiger partial charge < -0.3 is 9.47 Å². The zero-order chi connectivity index (χ0) is 15.7. The van der Waals surface area contributed by atoms with E-state index < -0.39 is 23.9 Å². The van der Waals surface area contributed by atoms with Crippen LogP contribution in [0.3, 0.4) is 0 Å². The second kappa shape index (κ2) is 6.13. The standard InChI is InChI=1S/C14H18N2O6/c17-11-5-15(6-12(18)21-11)9-3-1-2-4-10(9)16-7-13(19)22-14(20)8-16/h9-10H,1-8H2. The molecular weight excluding hydrogens is 292 g/mol. The number of ether oxygens (including phenoxy) is 2. The summed E-state index contributed by atoms with van der Waals surface area (Å²) in [6.45, 7) is 0.274. The van der Waals surface area contributed by atoms with Crippen LogP contribution >= 0.6 is 0 Å². The fourth-order valence-corrected chi connectivity index (χ4v) is 3.57. The van der Waals surface area contributed by atoms with Crippen molar-refractivity contribution < 1.29 is 28.7 Å². The van der Waals surface area contributed by atoms with Crippen molar-refractivity contribution in [2.75, 3.05) is 26.2 Å². The van der Waals surface area contributed by atoms with E-state index in [4.69, 9.17) is 0 Å². The molecule has 3 fully saturated rings. The van der Waals surface area contributed by atoms with Gasteiger partial charge in [0.1, 0.15) is 0 Å². The first-order valence-corrected chi connectivity index (χ1v) is 7.48. The number of hydrogen-bond acceptors (Lipinski definition) is 8. The van der Waals surface area contributed by atoms with Gasteiger partial charge in [0.25, 0.3) is 0 Å². The Bertz CT molecular complexity index is 441. The first kappa shape index (κ1) is 15.1. The smallest absolute Gasteiger partial charge is 0.327 e. The van der Waals surface area contributed by atoms with E-state index in [2.05, 4.69) is 9.47 Å². The molecule has 0 spiro atoms. The summed E-state index contributed by atoms with van der Waals surface area (Å²) in [6.07, 6.45) is 3.64. The summed E-state index contributed by atoms with van der Waals surface area (Å²) in [7, 11) is 0. The van der Waals surface area contributed by atoms with Crippen LogP contribution in [0.1, 0.15) is 25.7 Å². The first-order chi connectivity index (χ1) is 10.5. The van der Waals surface area contributed by atoms with E-state index in [9.17, 15) is 19.2 Å². The Balaban J connectivity index is 1.76. The molecule has 1 aliphatic carbocycles. The first-order valence-electron chi connectivity index (χ1n) is 7.48. The molecule has 0 aromatic rings. The van der Waals surface area contributed by atoms with E-state index in [1.807, 2.05) is 9.80 Å². The quantitative estimate of drug-likeness (QED) is 0.477. The van der Waals surface area contributed by atoms with Crippen LogP contribution in [0, 0.1) is 0 Å². The van der Waals surface area contributed by atoms with E-state index in [0.717, 1.165) is 25.7 Å². The summed E-state index contributed by atoms with van der Waals surface area (Å²) >= 11 is 0. The van der Waals surface area contributed by atoms with Crippen molar-refractivity contribution in [2.24, 2.45) is 0 Å². The van der Waals surface area contributed by atoms with E-state index in [1.54, 1.807) is 0 Å². The zero-order valence-corrected chi connectivity index (χ0v) is 12.2. The van der Waals surface area contributed by atoms with Crippen LogP contribution in [0.25, 0.3) is 0 Å². The number of esters is 4. The molecule has 3 rings (SSSR count). The highest BCUT2D eigenvalue weighted by atomic mass is 16.6. The van der Waals surface area contributed by atoms with Gasteiger partial charge in [-0.25, -0.2) is 0 Å². The predicted octanol–water partition coefficient (Wildman–Crippen LogP) is -0.932. The lowest BCUT2D eigenvalue weighted by atomic mass is 9.87. The van der Waals surface area contributed by atoms with E-state index in [0.29, 0.717) is 0 Å². The largest absolute Gasteiger partial charge is 0.391 e. The van der Waals surface area contributed by atoms with Crippen LogP contribution in [0.2, 0.25) is 0 Å². The van der Waals surface area contributed by atoms with Crippen LogP contribution in [-0.2, 0) is 28.7 Å². The summed E-state index contributed by atoms with van der Waals surface area (Å²) in [4.78, 5) is 49.6. The summed E-state index contributed by atoms with van der Waals surface area (Å²) in [5.74, 6) is -2.19. The SMILES string of the molecule is O=C1CN(C2CCCCC2N2CC(=O)OC(=O)C2)CC(=O)O1. The van der Waals surface area contributed by atoms with Crippen molar-refractivity contribution in [1.29, 1.82) is 0 Å². The highest BCUT2D eigenvalue weighted by Gasteiger charge is 2.41. The second-order valence-electron chi connectivity index (χ2n) is 5.92. The molecule has 0 N–H and O–H groups in total. The minimum atomic E-state index is -0.547. The molecule has 0 bridgehead atoms. The molecule has 1 saturated carbocycles. The lowest BCUT2D eigenvalue weighted by Crippen LogP contribution is -2.60. The number of cyclic esters (lactones) is 4. The Hall–Kier alpha value is -1.80. The molecule has 8 nitrogen and oxygen atoms in total. The molecule has 0 radical (unpaired) electrons. The summed E-state index contributed by atoms with van der Waals surface area (Å²) < 4.78 is 9.12. The van der Waals surface area contributed by atoms with Crippen molar-refractivity contribution in [1.82, 2.24) is 9.80 Å². The molecule has 3 aliphatic rings. The third kappa shape index (κ3) is 3.17. The topological polar surface area (TPSA) is 93.2 Å². The van der Waals surface area contributed by atoms with Gasteiger partial charge >= 0.3 is 23.9 Å². The number of rotatable bonds is 2.